The first-order valence-corrected chi connectivity index (χ1v) is 13.0. The van der Waals surface area contributed by atoms with Crippen LogP contribution in [0.1, 0.15) is 50.4 Å². The summed E-state index contributed by atoms with van der Waals surface area (Å²) in [7, 11) is 0. The highest BCUT2D eigenvalue weighted by Gasteiger charge is 2.20. The van der Waals surface area contributed by atoms with E-state index < -0.39 is 5.97 Å². The van der Waals surface area contributed by atoms with Gasteiger partial charge in [-0.2, -0.15) is 5.10 Å². The van der Waals surface area contributed by atoms with Gasteiger partial charge in [-0.15, -0.1) is 0 Å². The summed E-state index contributed by atoms with van der Waals surface area (Å²) < 4.78 is 1.78. The fourth-order valence-electron chi connectivity index (χ4n) is 5.00. The van der Waals surface area contributed by atoms with Crippen molar-refractivity contribution in [3.05, 3.63) is 137 Å². The number of aromatic nitrogens is 3. The number of amides is 1. The lowest BCUT2D eigenvalue weighted by Gasteiger charge is -2.16. The van der Waals surface area contributed by atoms with E-state index in [0.717, 1.165) is 44.2 Å². The molecule has 1 atom stereocenters. The zero-order chi connectivity index (χ0) is 27.6. The number of aromatic carboxylic acids is 1. The molecule has 0 aliphatic heterocycles. The Morgan fingerprint density at radius 3 is 2.50 bits per heavy atom. The second kappa shape index (κ2) is 10.5. The van der Waals surface area contributed by atoms with E-state index in [1.807, 2.05) is 73.9 Å². The summed E-state index contributed by atoms with van der Waals surface area (Å²) in [5.41, 5.74) is 7.11. The minimum absolute atomic E-state index is 0.202. The molecule has 6 rings (SSSR count). The van der Waals surface area contributed by atoms with Crippen LogP contribution in [0, 0.1) is 0 Å². The van der Waals surface area contributed by atoms with Crippen LogP contribution in [-0.2, 0) is 6.42 Å². The van der Waals surface area contributed by atoms with Gasteiger partial charge in [0.05, 0.1) is 34.4 Å². The third kappa shape index (κ3) is 4.92. The third-order valence-corrected chi connectivity index (χ3v) is 7.11. The minimum atomic E-state index is -0.987. The molecule has 0 saturated heterocycles. The summed E-state index contributed by atoms with van der Waals surface area (Å²) in [4.78, 5) is 29.5. The lowest BCUT2D eigenvalue weighted by molar-refractivity contribution is 0.0696. The molecule has 0 aliphatic rings. The standard InChI is InChI=1S/C33H26N4O3/c1-21(23-10-12-25(13-11-23)33(39)40)36-32(38)29-18-28(24-6-3-2-4-7-24)20-37-31(29)27(19-35-37)17-22-9-14-30-26(16-22)8-5-15-34-30/h2-16,18-21H,17H2,1H3,(H,36,38)(H,39,40)/t21-/m0/s1. The Morgan fingerprint density at radius 2 is 1.73 bits per heavy atom. The number of fused-ring (bicyclic) bond motifs is 2. The predicted octanol–water partition coefficient (Wildman–Crippen LogP) is 6.33. The predicted molar refractivity (Wildman–Crippen MR) is 154 cm³/mol. The molecule has 0 unspecified atom stereocenters. The number of nitrogens with zero attached hydrogens (tertiary/aromatic N) is 3. The molecule has 0 spiro atoms. The Balaban J connectivity index is 1.39. The summed E-state index contributed by atoms with van der Waals surface area (Å²) in [6.07, 6.45) is 6.15. The molecular weight excluding hydrogens is 500 g/mol. The molecule has 3 aromatic heterocycles. The van der Waals surface area contributed by atoms with Crippen LogP contribution in [0.2, 0.25) is 0 Å². The van der Waals surface area contributed by atoms with Crippen molar-refractivity contribution in [1.29, 1.82) is 0 Å². The van der Waals surface area contributed by atoms with Crippen LogP contribution in [0.4, 0.5) is 0 Å². The highest BCUT2D eigenvalue weighted by molar-refractivity contribution is 6.03. The molecule has 6 aromatic rings. The van der Waals surface area contributed by atoms with Gasteiger partial charge in [-0.25, -0.2) is 9.31 Å². The van der Waals surface area contributed by atoms with Crippen molar-refractivity contribution in [3.8, 4) is 11.1 Å². The first-order chi connectivity index (χ1) is 19.5. The fourth-order valence-corrected chi connectivity index (χ4v) is 5.00. The molecule has 196 valence electrons. The highest BCUT2D eigenvalue weighted by atomic mass is 16.4. The number of rotatable bonds is 7. The quantitative estimate of drug-likeness (QED) is 0.253. The van der Waals surface area contributed by atoms with E-state index >= 15 is 0 Å². The van der Waals surface area contributed by atoms with Gasteiger partial charge in [0.15, 0.2) is 0 Å². The van der Waals surface area contributed by atoms with Crippen LogP contribution in [0.15, 0.2) is 110 Å². The molecule has 1 amide bonds. The second-order valence-corrected chi connectivity index (χ2v) is 9.80. The number of carbonyl (C=O) groups excluding carboxylic acids is 1. The van der Waals surface area contributed by atoms with E-state index in [9.17, 15) is 14.7 Å². The van der Waals surface area contributed by atoms with E-state index in [0.29, 0.717) is 12.0 Å². The van der Waals surface area contributed by atoms with Gasteiger partial charge in [0, 0.05) is 35.3 Å². The molecule has 2 N–H and O–H groups in total. The average Bonchev–Trinajstić information content (AvgIpc) is 3.39. The van der Waals surface area contributed by atoms with Crippen LogP contribution in [0.5, 0.6) is 0 Å². The molecule has 0 aliphatic carbocycles. The normalized spacial score (nSPS) is 11.9. The Bertz CT molecular complexity index is 1860. The number of carbonyl (C=O) groups is 2. The maximum absolute atomic E-state index is 13.8. The van der Waals surface area contributed by atoms with Gasteiger partial charge in [-0.3, -0.25) is 9.78 Å². The van der Waals surface area contributed by atoms with Gasteiger partial charge in [-0.1, -0.05) is 54.6 Å². The summed E-state index contributed by atoms with van der Waals surface area (Å²) in [6.45, 7) is 1.88. The topological polar surface area (TPSA) is 96.6 Å². The zero-order valence-corrected chi connectivity index (χ0v) is 21.8. The third-order valence-electron chi connectivity index (χ3n) is 7.11. The first-order valence-electron chi connectivity index (χ1n) is 13.0. The van der Waals surface area contributed by atoms with Gasteiger partial charge < -0.3 is 10.4 Å². The van der Waals surface area contributed by atoms with Gasteiger partial charge >= 0.3 is 5.97 Å². The number of hydrogen-bond acceptors (Lipinski definition) is 4. The van der Waals surface area contributed by atoms with Crippen molar-refractivity contribution in [3.63, 3.8) is 0 Å². The molecule has 7 heteroatoms. The molecule has 3 heterocycles. The largest absolute Gasteiger partial charge is 0.478 e. The fraction of sp³-hybridized carbons (Fsp3) is 0.0909. The van der Waals surface area contributed by atoms with Crippen LogP contribution < -0.4 is 5.32 Å². The van der Waals surface area contributed by atoms with Crippen molar-refractivity contribution in [1.82, 2.24) is 19.9 Å². The summed E-state index contributed by atoms with van der Waals surface area (Å²) >= 11 is 0. The average molecular weight is 527 g/mol. The Hall–Kier alpha value is -5.30. The van der Waals surface area contributed by atoms with E-state index in [2.05, 4.69) is 27.5 Å². The molecule has 0 saturated carbocycles. The van der Waals surface area contributed by atoms with Crippen molar-refractivity contribution in [2.75, 3.05) is 0 Å². The second-order valence-electron chi connectivity index (χ2n) is 9.80. The van der Waals surface area contributed by atoms with Crippen molar-refractivity contribution in [2.24, 2.45) is 0 Å². The Kier molecular flexibility index (Phi) is 6.54. The number of benzene rings is 3. The Labute approximate surface area is 230 Å². The number of carboxylic acid groups (broad SMARTS) is 1. The van der Waals surface area contributed by atoms with Gasteiger partial charge in [0.1, 0.15) is 0 Å². The SMILES string of the molecule is C[C@H](NC(=O)c1cc(-c2ccccc2)cn2ncc(Cc3ccc4ncccc4c3)c12)c1ccc(C(=O)O)cc1. The van der Waals surface area contributed by atoms with Crippen molar-refractivity contribution >= 4 is 28.3 Å². The number of pyridine rings is 2. The van der Waals surface area contributed by atoms with Crippen molar-refractivity contribution in [2.45, 2.75) is 19.4 Å². The summed E-state index contributed by atoms with van der Waals surface area (Å²) in [6, 6.07) is 28.1. The summed E-state index contributed by atoms with van der Waals surface area (Å²) in [5, 5.41) is 18.0. The minimum Gasteiger partial charge on any atom is -0.478 e. The van der Waals surface area contributed by atoms with Crippen LogP contribution in [0.3, 0.4) is 0 Å². The lowest BCUT2D eigenvalue weighted by Crippen LogP contribution is -2.27. The Morgan fingerprint density at radius 1 is 0.925 bits per heavy atom. The van der Waals surface area contributed by atoms with E-state index in [1.165, 1.54) is 0 Å². The van der Waals surface area contributed by atoms with E-state index in [1.54, 1.807) is 35.0 Å². The van der Waals surface area contributed by atoms with Gasteiger partial charge in [0.2, 0.25) is 0 Å². The maximum Gasteiger partial charge on any atom is 0.335 e. The molecular formula is C33H26N4O3. The van der Waals surface area contributed by atoms with Crippen LogP contribution in [0.25, 0.3) is 27.5 Å². The van der Waals surface area contributed by atoms with E-state index in [4.69, 9.17) is 0 Å². The monoisotopic (exact) mass is 526 g/mol. The zero-order valence-electron chi connectivity index (χ0n) is 21.8. The molecule has 0 fully saturated rings. The molecule has 0 radical (unpaired) electrons. The number of carboxylic acids is 1. The molecule has 40 heavy (non-hydrogen) atoms. The van der Waals surface area contributed by atoms with Gasteiger partial charge in [0.25, 0.3) is 5.91 Å². The number of hydrogen-bond donors (Lipinski definition) is 2. The molecule has 7 nitrogen and oxygen atoms in total. The molecule has 3 aromatic carbocycles. The summed E-state index contributed by atoms with van der Waals surface area (Å²) in [5.74, 6) is -1.22. The van der Waals surface area contributed by atoms with Crippen molar-refractivity contribution < 1.29 is 14.7 Å². The van der Waals surface area contributed by atoms with Crippen LogP contribution in [-0.4, -0.2) is 31.6 Å². The number of nitrogens with one attached hydrogen (secondary N) is 1. The molecule has 0 bridgehead atoms. The van der Waals surface area contributed by atoms with E-state index in [-0.39, 0.29) is 17.5 Å². The smallest absolute Gasteiger partial charge is 0.335 e. The first kappa shape index (κ1) is 25.0. The van der Waals surface area contributed by atoms with Gasteiger partial charge in [-0.05, 0) is 60.0 Å². The lowest BCUT2D eigenvalue weighted by atomic mass is 9.99. The van der Waals surface area contributed by atoms with Crippen LogP contribution >= 0.6 is 0 Å². The maximum atomic E-state index is 13.8. The highest BCUT2D eigenvalue weighted by Crippen LogP contribution is 2.28.